The molecule has 0 saturated heterocycles. The highest BCUT2D eigenvalue weighted by Crippen LogP contribution is 2.06. The first-order valence-electron chi connectivity index (χ1n) is 5.43. The summed E-state index contributed by atoms with van der Waals surface area (Å²) >= 11 is 3.13. The maximum Gasteiger partial charge on any atom is 0.330 e. The number of hydrogen-bond acceptors (Lipinski definition) is 5. The molecule has 0 spiro atoms. The van der Waals surface area contributed by atoms with E-state index < -0.39 is 12.0 Å². The summed E-state index contributed by atoms with van der Waals surface area (Å²) in [6.07, 6.45) is 1.32. The minimum atomic E-state index is -0.934. The fourth-order valence-corrected chi connectivity index (χ4v) is 1.77. The summed E-state index contributed by atoms with van der Waals surface area (Å²) in [6, 6.07) is -0.934. The van der Waals surface area contributed by atoms with Crippen LogP contribution in [-0.4, -0.2) is 34.6 Å². The third-order valence-electron chi connectivity index (χ3n) is 2.40. The number of nitrogens with zero attached hydrogens (tertiary/aromatic N) is 2. The second-order valence-electron chi connectivity index (χ2n) is 3.88. The number of carbonyl (C=O) groups excluding carboxylic acids is 2. The van der Waals surface area contributed by atoms with E-state index in [1.165, 1.54) is 24.9 Å². The zero-order chi connectivity index (χ0) is 14.6. The molecule has 19 heavy (non-hydrogen) atoms. The van der Waals surface area contributed by atoms with E-state index >= 15 is 0 Å². The van der Waals surface area contributed by atoms with Crippen molar-refractivity contribution in [2.45, 2.75) is 26.4 Å². The molecule has 0 radical (unpaired) electrons. The molecule has 0 bridgehead atoms. The lowest BCUT2D eigenvalue weighted by atomic mass is 10.3. The molecule has 7 nitrogen and oxygen atoms in total. The van der Waals surface area contributed by atoms with Gasteiger partial charge in [-0.2, -0.15) is 0 Å². The number of methoxy groups -OCH3 is 1. The molecule has 1 aromatic heterocycles. The van der Waals surface area contributed by atoms with Crippen LogP contribution in [0, 0.1) is 6.92 Å². The minimum Gasteiger partial charge on any atom is -0.467 e. The van der Waals surface area contributed by atoms with Crippen molar-refractivity contribution in [3.63, 3.8) is 0 Å². The zero-order valence-corrected chi connectivity index (χ0v) is 12.4. The molecule has 1 amide bonds. The fraction of sp³-hybridized carbons (Fsp3) is 0.455. The quantitative estimate of drug-likeness (QED) is 0.784. The van der Waals surface area contributed by atoms with Gasteiger partial charge < -0.3 is 10.1 Å². The van der Waals surface area contributed by atoms with Crippen LogP contribution in [-0.2, 0) is 20.9 Å². The fourth-order valence-electron chi connectivity index (χ4n) is 1.44. The highest BCUT2D eigenvalue weighted by molar-refractivity contribution is 9.10. The number of halogens is 1. The van der Waals surface area contributed by atoms with Crippen molar-refractivity contribution in [2.75, 3.05) is 7.11 Å². The monoisotopic (exact) mass is 331 g/mol. The largest absolute Gasteiger partial charge is 0.467 e. The first kappa shape index (κ1) is 15.4. The molecule has 0 fully saturated rings. The lowest BCUT2D eigenvalue weighted by molar-refractivity contribution is -0.145. The molecule has 0 aliphatic rings. The van der Waals surface area contributed by atoms with Gasteiger partial charge in [0.1, 0.15) is 10.5 Å². The van der Waals surface area contributed by atoms with E-state index in [1.54, 1.807) is 6.92 Å². The summed E-state index contributed by atoms with van der Waals surface area (Å²) in [5.41, 5.74) is 0.224. The van der Waals surface area contributed by atoms with E-state index in [9.17, 15) is 14.4 Å². The Morgan fingerprint density at radius 1 is 1.58 bits per heavy atom. The molecule has 1 N–H and O–H groups in total. The van der Waals surface area contributed by atoms with Gasteiger partial charge in [-0.3, -0.25) is 14.2 Å². The van der Waals surface area contributed by atoms with Crippen molar-refractivity contribution in [3.05, 3.63) is 26.8 Å². The summed E-state index contributed by atoms with van der Waals surface area (Å²) in [5.74, 6) is -1.01. The Balaban J connectivity index is 3.03. The molecule has 0 saturated carbocycles. The lowest BCUT2D eigenvalue weighted by Gasteiger charge is -2.16. The van der Waals surface area contributed by atoms with Crippen molar-refractivity contribution in [3.8, 4) is 0 Å². The molecule has 1 aromatic rings. The second kappa shape index (κ2) is 6.46. The van der Waals surface area contributed by atoms with Gasteiger partial charge in [-0.15, -0.1) is 0 Å². The Hall–Kier alpha value is -1.70. The van der Waals surface area contributed by atoms with Crippen LogP contribution in [0.3, 0.4) is 0 Å². The SMILES string of the molecule is COC(=O)C(Cn1cnc(C)c(Br)c1=O)NC(C)=O. The third-order valence-corrected chi connectivity index (χ3v) is 3.31. The van der Waals surface area contributed by atoms with Gasteiger partial charge in [0.2, 0.25) is 5.91 Å². The van der Waals surface area contributed by atoms with E-state index in [2.05, 4.69) is 31.0 Å². The molecule has 104 valence electrons. The summed E-state index contributed by atoms with van der Waals surface area (Å²) in [7, 11) is 1.21. The molecule has 0 aliphatic carbocycles. The predicted octanol–water partition coefficient (Wildman–Crippen LogP) is -0.00808. The maximum absolute atomic E-state index is 11.9. The summed E-state index contributed by atoms with van der Waals surface area (Å²) in [5, 5.41) is 2.42. The average Bonchev–Trinajstić information content (AvgIpc) is 2.37. The van der Waals surface area contributed by atoms with E-state index in [0.29, 0.717) is 10.2 Å². The molecule has 1 rings (SSSR count). The number of esters is 1. The number of carbonyl (C=O) groups is 2. The molecular weight excluding hydrogens is 318 g/mol. The van der Waals surface area contributed by atoms with Gasteiger partial charge >= 0.3 is 5.97 Å². The second-order valence-corrected chi connectivity index (χ2v) is 4.67. The lowest BCUT2D eigenvalue weighted by Crippen LogP contribution is -2.45. The first-order valence-corrected chi connectivity index (χ1v) is 6.22. The van der Waals surface area contributed by atoms with Crippen LogP contribution < -0.4 is 10.9 Å². The van der Waals surface area contributed by atoms with E-state index in [-0.39, 0.29) is 18.0 Å². The van der Waals surface area contributed by atoms with Crippen LogP contribution in [0.4, 0.5) is 0 Å². The molecule has 0 aromatic carbocycles. The van der Waals surface area contributed by atoms with Crippen LogP contribution >= 0.6 is 15.9 Å². The smallest absolute Gasteiger partial charge is 0.330 e. The Morgan fingerprint density at radius 3 is 2.74 bits per heavy atom. The van der Waals surface area contributed by atoms with Gasteiger partial charge in [-0.05, 0) is 22.9 Å². The summed E-state index contributed by atoms with van der Waals surface area (Å²) in [6.45, 7) is 2.92. The summed E-state index contributed by atoms with van der Waals surface area (Å²) < 4.78 is 6.13. The topological polar surface area (TPSA) is 90.3 Å². The highest BCUT2D eigenvalue weighted by atomic mass is 79.9. The highest BCUT2D eigenvalue weighted by Gasteiger charge is 2.21. The Labute approximate surface area is 118 Å². The third kappa shape index (κ3) is 3.88. The van der Waals surface area contributed by atoms with Crippen molar-refractivity contribution in [1.29, 1.82) is 0 Å². The van der Waals surface area contributed by atoms with Crippen molar-refractivity contribution >= 4 is 27.8 Å². The van der Waals surface area contributed by atoms with Gasteiger partial charge in [0.15, 0.2) is 0 Å². The van der Waals surface area contributed by atoms with Crippen molar-refractivity contribution in [1.82, 2.24) is 14.9 Å². The minimum absolute atomic E-state index is 0.0447. The van der Waals surface area contributed by atoms with Gasteiger partial charge in [0, 0.05) is 6.92 Å². The Bertz CT molecular complexity index is 555. The normalized spacial score (nSPS) is 11.8. The molecule has 0 aliphatic heterocycles. The van der Waals surface area contributed by atoms with E-state index in [0.717, 1.165) is 0 Å². The predicted molar refractivity (Wildman–Crippen MR) is 70.6 cm³/mol. The average molecular weight is 332 g/mol. The Kier molecular flexibility index (Phi) is 5.22. The number of aryl methyl sites for hydroxylation is 1. The standard InChI is InChI=1S/C11H14BrN3O4/c1-6-9(12)10(17)15(5-13-6)4-8(11(18)19-3)14-7(2)16/h5,8H,4H2,1-3H3,(H,14,16). The maximum atomic E-state index is 11.9. The number of hydrogen-bond donors (Lipinski definition) is 1. The number of rotatable bonds is 4. The van der Waals surface area contributed by atoms with Crippen molar-refractivity contribution in [2.24, 2.45) is 0 Å². The number of ether oxygens (including phenoxy) is 1. The van der Waals surface area contributed by atoms with Crippen LogP contribution in [0.2, 0.25) is 0 Å². The number of amides is 1. The van der Waals surface area contributed by atoms with Crippen LogP contribution in [0.25, 0.3) is 0 Å². The van der Waals surface area contributed by atoms with Crippen LogP contribution in [0.5, 0.6) is 0 Å². The molecule has 1 atom stereocenters. The van der Waals surface area contributed by atoms with Gasteiger partial charge in [-0.1, -0.05) is 0 Å². The first-order chi connectivity index (χ1) is 8.86. The van der Waals surface area contributed by atoms with Crippen LogP contribution in [0.1, 0.15) is 12.6 Å². The molecule has 1 heterocycles. The van der Waals surface area contributed by atoms with Crippen LogP contribution in [0.15, 0.2) is 15.6 Å². The Morgan fingerprint density at radius 2 is 2.21 bits per heavy atom. The number of aromatic nitrogens is 2. The van der Waals surface area contributed by atoms with Gasteiger partial charge in [0.05, 0.1) is 25.7 Å². The van der Waals surface area contributed by atoms with E-state index in [4.69, 9.17) is 0 Å². The van der Waals surface area contributed by atoms with Crippen molar-refractivity contribution < 1.29 is 14.3 Å². The zero-order valence-electron chi connectivity index (χ0n) is 10.8. The van der Waals surface area contributed by atoms with Gasteiger partial charge in [0.25, 0.3) is 5.56 Å². The van der Waals surface area contributed by atoms with E-state index in [1.807, 2.05) is 0 Å². The number of nitrogens with one attached hydrogen (secondary N) is 1. The van der Waals surface area contributed by atoms with Gasteiger partial charge in [-0.25, -0.2) is 9.78 Å². The molecule has 1 unspecified atom stereocenters. The summed E-state index contributed by atoms with van der Waals surface area (Å²) in [4.78, 5) is 38.5. The molecular formula is C11H14BrN3O4. The molecule has 8 heteroatoms.